The van der Waals surface area contributed by atoms with Crippen molar-refractivity contribution in [2.45, 2.75) is 13.8 Å². The van der Waals surface area contributed by atoms with E-state index in [1.54, 1.807) is 6.08 Å². The number of aryl methyl sites for hydroxylation is 1. The Kier molecular flexibility index (Phi) is 5.42. The Hall–Kier alpha value is -3.02. The van der Waals surface area contributed by atoms with Gasteiger partial charge in [0.2, 0.25) is 11.8 Å². The Morgan fingerprint density at radius 3 is 2.29 bits per heavy atom. The predicted octanol–water partition coefficient (Wildman–Crippen LogP) is 3.88. The van der Waals surface area contributed by atoms with E-state index in [4.69, 9.17) is 0 Å². The first-order valence-electron chi connectivity index (χ1n) is 7.17. The van der Waals surface area contributed by atoms with Crippen LogP contribution >= 0.6 is 0 Å². The third kappa shape index (κ3) is 4.74. The van der Waals surface area contributed by atoms with E-state index in [-0.39, 0.29) is 11.4 Å². The highest BCUT2D eigenvalue weighted by Gasteiger charge is 2.12. The highest BCUT2D eigenvalue weighted by atomic mass is 19.1. The van der Waals surface area contributed by atoms with Crippen LogP contribution in [0.25, 0.3) is 6.08 Å². The molecule has 2 amide bonds. The molecule has 0 aliphatic carbocycles. The molecule has 2 rings (SSSR count). The second-order valence-corrected chi connectivity index (χ2v) is 5.23. The summed E-state index contributed by atoms with van der Waals surface area (Å²) in [6.07, 6.45) is 2.83. The Balaban J connectivity index is 2.15. The van der Waals surface area contributed by atoms with Gasteiger partial charge in [-0.3, -0.25) is 9.59 Å². The molecule has 6 heteroatoms. The topological polar surface area (TPSA) is 58.2 Å². The number of halogens is 2. The Morgan fingerprint density at radius 2 is 1.67 bits per heavy atom. The summed E-state index contributed by atoms with van der Waals surface area (Å²) in [5, 5.41) is 4.55. The molecule has 0 saturated heterocycles. The largest absolute Gasteiger partial charge is 0.324 e. The number of carbonyl (C=O) groups is 2. The van der Waals surface area contributed by atoms with Gasteiger partial charge in [-0.2, -0.15) is 0 Å². The number of amides is 2. The van der Waals surface area contributed by atoms with Crippen LogP contribution in [0, 0.1) is 18.6 Å². The minimum atomic E-state index is -0.932. The van der Waals surface area contributed by atoms with E-state index in [1.165, 1.54) is 13.0 Å². The highest BCUT2D eigenvalue weighted by molar-refractivity contribution is 6.02. The summed E-state index contributed by atoms with van der Waals surface area (Å²) in [5.74, 6) is -2.93. The monoisotopic (exact) mass is 330 g/mol. The molecule has 0 saturated carbocycles. The van der Waals surface area contributed by atoms with Crippen LogP contribution in [0.2, 0.25) is 0 Å². The van der Waals surface area contributed by atoms with Gasteiger partial charge in [0.15, 0.2) is 0 Å². The van der Waals surface area contributed by atoms with Crippen molar-refractivity contribution in [3.63, 3.8) is 0 Å². The fraction of sp³-hybridized carbons (Fsp3) is 0.111. The Morgan fingerprint density at radius 1 is 1.00 bits per heavy atom. The molecule has 2 N–H and O–H groups in total. The number of rotatable bonds is 4. The van der Waals surface area contributed by atoms with Crippen LogP contribution < -0.4 is 10.6 Å². The van der Waals surface area contributed by atoms with Crippen molar-refractivity contribution in [1.82, 2.24) is 0 Å². The first kappa shape index (κ1) is 17.3. The van der Waals surface area contributed by atoms with Crippen molar-refractivity contribution in [1.29, 1.82) is 0 Å². The zero-order valence-electron chi connectivity index (χ0n) is 13.2. The number of carbonyl (C=O) groups excluding carboxylic acids is 2. The molecule has 4 nitrogen and oxygen atoms in total. The summed E-state index contributed by atoms with van der Waals surface area (Å²) in [6.45, 7) is 3.13. The lowest BCUT2D eigenvalue weighted by Gasteiger charge is -2.09. The minimum Gasteiger partial charge on any atom is -0.324 e. The smallest absolute Gasteiger partial charge is 0.248 e. The molecule has 0 spiro atoms. The molecule has 0 aliphatic rings. The van der Waals surface area contributed by atoms with E-state index in [1.807, 2.05) is 31.2 Å². The molecule has 0 atom stereocenters. The van der Waals surface area contributed by atoms with Gasteiger partial charge in [-0.05, 0) is 24.6 Å². The predicted molar refractivity (Wildman–Crippen MR) is 89.5 cm³/mol. The molecule has 24 heavy (non-hydrogen) atoms. The summed E-state index contributed by atoms with van der Waals surface area (Å²) < 4.78 is 27.3. The van der Waals surface area contributed by atoms with E-state index >= 15 is 0 Å². The first-order chi connectivity index (χ1) is 11.3. The van der Waals surface area contributed by atoms with Gasteiger partial charge in [-0.25, -0.2) is 8.78 Å². The van der Waals surface area contributed by atoms with Crippen LogP contribution in [0.5, 0.6) is 0 Å². The van der Waals surface area contributed by atoms with E-state index in [0.29, 0.717) is 6.07 Å². The average Bonchev–Trinajstić information content (AvgIpc) is 2.49. The molecule has 0 radical (unpaired) electrons. The third-order valence-electron chi connectivity index (χ3n) is 3.09. The van der Waals surface area contributed by atoms with Gasteiger partial charge >= 0.3 is 0 Å². The van der Waals surface area contributed by atoms with E-state index in [0.717, 1.165) is 17.2 Å². The van der Waals surface area contributed by atoms with Gasteiger partial charge in [0, 0.05) is 19.1 Å². The Labute approximate surface area is 138 Å². The van der Waals surface area contributed by atoms with Crippen molar-refractivity contribution < 1.29 is 18.4 Å². The van der Waals surface area contributed by atoms with Crippen molar-refractivity contribution >= 4 is 29.3 Å². The van der Waals surface area contributed by atoms with Crippen molar-refractivity contribution in [3.8, 4) is 0 Å². The Bertz CT molecular complexity index is 817. The van der Waals surface area contributed by atoms with Gasteiger partial charge in [0.25, 0.3) is 0 Å². The molecule has 124 valence electrons. The highest BCUT2D eigenvalue weighted by Crippen LogP contribution is 2.23. The maximum Gasteiger partial charge on any atom is 0.248 e. The number of hydrogen-bond donors (Lipinski definition) is 2. The molecule has 0 aromatic heterocycles. The summed E-state index contributed by atoms with van der Waals surface area (Å²) in [6, 6.07) is 9.12. The molecule has 0 heterocycles. The molecule has 2 aromatic rings. The van der Waals surface area contributed by atoms with Crippen LogP contribution in [0.15, 0.2) is 42.5 Å². The maximum atomic E-state index is 13.8. The lowest BCUT2D eigenvalue weighted by Crippen LogP contribution is -2.12. The van der Waals surface area contributed by atoms with Crippen LogP contribution in [-0.2, 0) is 9.59 Å². The van der Waals surface area contributed by atoms with Gasteiger partial charge in [0.05, 0.1) is 11.4 Å². The molecule has 2 aromatic carbocycles. The average molecular weight is 330 g/mol. The van der Waals surface area contributed by atoms with Gasteiger partial charge in [0.1, 0.15) is 11.6 Å². The summed E-state index contributed by atoms with van der Waals surface area (Å²) in [7, 11) is 0. The molecule has 0 fully saturated rings. The van der Waals surface area contributed by atoms with Gasteiger partial charge in [-0.15, -0.1) is 0 Å². The van der Waals surface area contributed by atoms with Crippen LogP contribution in [0.3, 0.4) is 0 Å². The molecular weight excluding hydrogens is 314 g/mol. The molecular formula is C18H16F2N2O2. The number of hydrogen-bond acceptors (Lipinski definition) is 2. The quantitative estimate of drug-likeness (QED) is 0.836. The molecule has 0 aliphatic heterocycles. The number of anilines is 2. The van der Waals surface area contributed by atoms with E-state index in [2.05, 4.69) is 10.6 Å². The molecule has 0 bridgehead atoms. The van der Waals surface area contributed by atoms with Crippen LogP contribution in [-0.4, -0.2) is 11.8 Å². The second kappa shape index (κ2) is 7.50. The summed E-state index contributed by atoms with van der Waals surface area (Å²) in [4.78, 5) is 22.9. The SMILES string of the molecule is CC(=O)Nc1cc(NC(=O)/C=C/c2cccc(C)c2)c(F)cc1F. The molecule has 0 unspecified atom stereocenters. The fourth-order valence-corrected chi connectivity index (χ4v) is 2.05. The van der Waals surface area contributed by atoms with Crippen molar-refractivity contribution in [2.24, 2.45) is 0 Å². The normalized spacial score (nSPS) is 10.7. The lowest BCUT2D eigenvalue weighted by molar-refractivity contribution is -0.114. The third-order valence-corrected chi connectivity index (χ3v) is 3.09. The van der Waals surface area contributed by atoms with Crippen molar-refractivity contribution in [3.05, 3.63) is 65.2 Å². The van der Waals surface area contributed by atoms with Gasteiger partial charge in [-0.1, -0.05) is 29.8 Å². The van der Waals surface area contributed by atoms with Gasteiger partial charge < -0.3 is 10.6 Å². The van der Waals surface area contributed by atoms with E-state index < -0.39 is 23.4 Å². The minimum absolute atomic E-state index is 0.207. The van der Waals surface area contributed by atoms with E-state index in [9.17, 15) is 18.4 Å². The maximum absolute atomic E-state index is 13.8. The number of nitrogens with one attached hydrogen (secondary N) is 2. The standard InChI is InChI=1S/C18H16F2N2O2/c1-11-4-3-5-13(8-11)6-7-18(24)22-17-10-16(21-12(2)23)14(19)9-15(17)20/h3-10H,1-2H3,(H,21,23)(H,22,24)/b7-6+. The number of benzene rings is 2. The second-order valence-electron chi connectivity index (χ2n) is 5.23. The lowest BCUT2D eigenvalue weighted by atomic mass is 10.1. The van der Waals surface area contributed by atoms with Crippen molar-refractivity contribution in [2.75, 3.05) is 10.6 Å². The zero-order valence-corrected chi connectivity index (χ0v) is 13.2. The van der Waals surface area contributed by atoms with Crippen LogP contribution in [0.4, 0.5) is 20.2 Å². The van der Waals surface area contributed by atoms with Crippen LogP contribution in [0.1, 0.15) is 18.1 Å². The first-order valence-corrected chi connectivity index (χ1v) is 7.17. The fourth-order valence-electron chi connectivity index (χ4n) is 2.05. The summed E-state index contributed by atoms with van der Waals surface area (Å²) in [5.41, 5.74) is 1.44. The zero-order chi connectivity index (χ0) is 17.7. The summed E-state index contributed by atoms with van der Waals surface area (Å²) >= 11 is 0.